The van der Waals surface area contributed by atoms with Crippen LogP contribution in [0.25, 0.3) is 20.5 Å². The lowest BCUT2D eigenvalue weighted by molar-refractivity contribution is -0.159. The molecular weight excluding hydrogens is 678 g/mol. The van der Waals surface area contributed by atoms with Crippen LogP contribution >= 0.6 is 11.3 Å². The molecule has 3 heterocycles. The van der Waals surface area contributed by atoms with E-state index >= 15 is 0 Å². The summed E-state index contributed by atoms with van der Waals surface area (Å²) in [4.78, 5) is 45.0. The number of hydrogen-bond acceptors (Lipinski definition) is 10. The molecule has 0 spiro atoms. The average molecular weight is 722 g/mol. The molecule has 6 rings (SSSR count). The molecule has 0 saturated carbocycles. The molecule has 1 aromatic heterocycles. The van der Waals surface area contributed by atoms with Gasteiger partial charge in [0, 0.05) is 47.5 Å². The van der Waals surface area contributed by atoms with Gasteiger partial charge >= 0.3 is 23.9 Å². The first-order valence-corrected chi connectivity index (χ1v) is 17.3. The molecule has 0 bridgehead atoms. The quantitative estimate of drug-likeness (QED) is 0.146. The van der Waals surface area contributed by atoms with E-state index in [0.29, 0.717) is 0 Å². The van der Waals surface area contributed by atoms with Crippen molar-refractivity contribution in [3.05, 3.63) is 72.3 Å². The molecule has 0 aliphatic carbocycles. The second-order valence-electron chi connectivity index (χ2n) is 12.0. The number of methoxy groups -OCH3 is 1. The Hall–Kier alpha value is -5.18. The first kappa shape index (κ1) is 38.6. The lowest BCUT2D eigenvalue weighted by Gasteiger charge is -2.23. The van der Waals surface area contributed by atoms with Crippen LogP contribution in [-0.2, 0) is 25.7 Å². The van der Waals surface area contributed by atoms with Gasteiger partial charge in [0.15, 0.2) is 0 Å². The maximum Gasteiger partial charge on any atom is 0.414 e. The van der Waals surface area contributed by atoms with E-state index in [-0.39, 0.29) is 0 Å². The maximum absolute atomic E-state index is 9.10. The van der Waals surface area contributed by atoms with Crippen LogP contribution in [0.2, 0.25) is 0 Å². The van der Waals surface area contributed by atoms with Gasteiger partial charge in [-0.15, -0.1) is 11.3 Å². The van der Waals surface area contributed by atoms with E-state index in [9.17, 15) is 0 Å². The highest BCUT2D eigenvalue weighted by molar-refractivity contribution is 7.23. The highest BCUT2D eigenvalue weighted by atomic mass is 32.1. The summed E-state index contributed by atoms with van der Waals surface area (Å²) >= 11 is 1.85. The molecule has 51 heavy (non-hydrogen) atoms. The molecule has 0 atom stereocenters. The second kappa shape index (κ2) is 18.7. The fraction of sp³-hybridized carbons (Fsp3) is 0.351. The summed E-state index contributed by atoms with van der Waals surface area (Å²) in [5, 5.41) is 30.8. The number of carboxylic acids is 4. The number of anilines is 2. The standard InChI is InChI=1S/C33H39N3O2S.2C2H2O4/c1-34(27-14-11-26(30(23-27)37-2)24-36-19-7-8-20-36)32-29-9-3-4-10-31(29)39-33(32)25-12-15-28(16-13-25)38-22-21-35-17-5-6-18-35;2*3-1(4)2(5)6/h3-4,9-16,23H,5-8,17-22,24H2,1-2H3;2*(H,3,4)(H,5,6). The largest absolute Gasteiger partial charge is 0.496 e. The van der Waals surface area contributed by atoms with Gasteiger partial charge in [-0.2, -0.15) is 0 Å². The Labute approximate surface area is 299 Å². The number of hydrogen-bond donors (Lipinski definition) is 4. The van der Waals surface area contributed by atoms with Gasteiger partial charge in [0.2, 0.25) is 0 Å². The number of likely N-dealkylation sites (tertiary alicyclic amines) is 2. The van der Waals surface area contributed by atoms with Gasteiger partial charge in [-0.25, -0.2) is 19.2 Å². The van der Waals surface area contributed by atoms with Crippen molar-refractivity contribution < 1.29 is 49.1 Å². The molecule has 4 aromatic rings. The first-order valence-electron chi connectivity index (χ1n) is 16.5. The van der Waals surface area contributed by atoms with Gasteiger partial charge in [-0.3, -0.25) is 9.80 Å². The minimum atomic E-state index is -1.82. The number of carbonyl (C=O) groups is 4. The average Bonchev–Trinajstić information content (AvgIpc) is 3.91. The Morgan fingerprint density at radius 2 is 1.33 bits per heavy atom. The summed E-state index contributed by atoms with van der Waals surface area (Å²) in [6.45, 7) is 7.47. The number of carboxylic acid groups (broad SMARTS) is 4. The maximum atomic E-state index is 9.10. The second-order valence-corrected chi connectivity index (χ2v) is 13.0. The minimum absolute atomic E-state index is 0.742. The highest BCUT2D eigenvalue weighted by Gasteiger charge is 2.21. The number of benzene rings is 3. The molecule has 272 valence electrons. The van der Waals surface area contributed by atoms with Crippen molar-refractivity contribution in [1.82, 2.24) is 9.80 Å². The molecular formula is C37H43N3O10S. The van der Waals surface area contributed by atoms with E-state index in [1.54, 1.807) is 7.11 Å². The van der Waals surface area contributed by atoms with E-state index in [4.69, 9.17) is 49.1 Å². The molecule has 2 fully saturated rings. The topological polar surface area (TPSA) is 177 Å². The van der Waals surface area contributed by atoms with Crippen molar-refractivity contribution in [2.24, 2.45) is 0 Å². The van der Waals surface area contributed by atoms with Crippen molar-refractivity contribution >= 4 is 56.7 Å². The molecule has 2 aliphatic rings. The van der Waals surface area contributed by atoms with Crippen molar-refractivity contribution in [1.29, 1.82) is 0 Å². The zero-order valence-corrected chi connectivity index (χ0v) is 29.4. The smallest absolute Gasteiger partial charge is 0.414 e. The Morgan fingerprint density at radius 3 is 1.90 bits per heavy atom. The molecule has 2 saturated heterocycles. The zero-order valence-electron chi connectivity index (χ0n) is 28.6. The fourth-order valence-electron chi connectivity index (χ4n) is 5.95. The van der Waals surface area contributed by atoms with Crippen molar-refractivity contribution in [2.45, 2.75) is 32.2 Å². The Balaban J connectivity index is 0.000000420. The Morgan fingerprint density at radius 1 is 0.765 bits per heavy atom. The van der Waals surface area contributed by atoms with Crippen LogP contribution in [0.1, 0.15) is 31.2 Å². The van der Waals surface area contributed by atoms with Crippen LogP contribution in [0, 0.1) is 0 Å². The molecule has 3 aromatic carbocycles. The lowest BCUT2D eigenvalue weighted by Crippen LogP contribution is -2.25. The van der Waals surface area contributed by atoms with E-state index in [1.807, 2.05) is 11.3 Å². The molecule has 0 amide bonds. The number of thiophene rings is 1. The fourth-order valence-corrected chi connectivity index (χ4v) is 7.18. The van der Waals surface area contributed by atoms with Gasteiger partial charge in [-0.05, 0) is 93.8 Å². The molecule has 2 aliphatic heterocycles. The van der Waals surface area contributed by atoms with Crippen LogP contribution in [-0.4, -0.2) is 108 Å². The third-order valence-electron chi connectivity index (χ3n) is 8.51. The Bertz CT molecular complexity index is 1750. The van der Waals surface area contributed by atoms with Crippen LogP contribution in [0.5, 0.6) is 11.5 Å². The van der Waals surface area contributed by atoms with Crippen molar-refractivity contribution in [3.8, 4) is 21.9 Å². The van der Waals surface area contributed by atoms with Crippen LogP contribution in [0.3, 0.4) is 0 Å². The number of nitrogens with zero attached hydrogens (tertiary/aromatic N) is 3. The van der Waals surface area contributed by atoms with Gasteiger partial charge in [0.1, 0.15) is 18.1 Å². The predicted molar refractivity (Wildman–Crippen MR) is 195 cm³/mol. The van der Waals surface area contributed by atoms with E-state index in [1.165, 1.54) is 83.6 Å². The third-order valence-corrected chi connectivity index (χ3v) is 9.72. The number of rotatable bonds is 10. The number of fused-ring (bicyclic) bond motifs is 1. The van der Waals surface area contributed by atoms with Gasteiger partial charge in [-0.1, -0.05) is 24.3 Å². The number of ether oxygens (including phenoxy) is 2. The Kier molecular flexibility index (Phi) is 14.2. The molecule has 0 radical (unpaired) electrons. The summed E-state index contributed by atoms with van der Waals surface area (Å²) in [6.07, 6.45) is 5.22. The predicted octanol–water partition coefficient (Wildman–Crippen LogP) is 5.73. The summed E-state index contributed by atoms with van der Waals surface area (Å²) in [7, 11) is 3.95. The normalized spacial score (nSPS) is 14.2. The van der Waals surface area contributed by atoms with Crippen LogP contribution < -0.4 is 14.4 Å². The molecule has 13 nitrogen and oxygen atoms in total. The minimum Gasteiger partial charge on any atom is -0.496 e. The molecule has 14 heteroatoms. The third kappa shape index (κ3) is 10.9. The first-order chi connectivity index (χ1) is 24.5. The SMILES string of the molecule is COc1cc(N(C)c2c(-c3ccc(OCCN4CCCC4)cc3)sc3ccccc23)ccc1CN1CCCC1.O=C(O)C(=O)O.O=C(O)C(=O)O. The van der Waals surface area contributed by atoms with Gasteiger partial charge in [0.25, 0.3) is 0 Å². The zero-order chi connectivity index (χ0) is 36.9. The lowest BCUT2D eigenvalue weighted by atomic mass is 10.1. The van der Waals surface area contributed by atoms with Gasteiger partial charge < -0.3 is 34.8 Å². The van der Waals surface area contributed by atoms with Crippen molar-refractivity contribution in [2.75, 3.05) is 58.4 Å². The van der Waals surface area contributed by atoms with E-state index in [2.05, 4.69) is 88.5 Å². The summed E-state index contributed by atoms with van der Waals surface area (Å²) in [5.74, 6) is -5.40. The summed E-state index contributed by atoms with van der Waals surface area (Å²) in [6, 6.07) is 24.0. The van der Waals surface area contributed by atoms with Crippen molar-refractivity contribution in [3.63, 3.8) is 0 Å². The number of aliphatic carboxylic acids is 4. The van der Waals surface area contributed by atoms with Gasteiger partial charge in [0.05, 0.1) is 17.7 Å². The van der Waals surface area contributed by atoms with Crippen LogP contribution in [0.15, 0.2) is 66.7 Å². The summed E-state index contributed by atoms with van der Waals surface area (Å²) < 4.78 is 13.2. The van der Waals surface area contributed by atoms with E-state index < -0.39 is 23.9 Å². The van der Waals surface area contributed by atoms with Crippen LogP contribution in [0.4, 0.5) is 11.4 Å². The van der Waals surface area contributed by atoms with E-state index in [0.717, 1.165) is 36.9 Å². The monoisotopic (exact) mass is 721 g/mol. The molecule has 4 N–H and O–H groups in total. The highest BCUT2D eigenvalue weighted by Crippen LogP contribution is 2.47. The summed E-state index contributed by atoms with van der Waals surface area (Å²) in [5.41, 5.74) is 4.83. The molecule has 0 unspecified atom stereocenters.